The van der Waals surface area contributed by atoms with Gasteiger partial charge in [0.2, 0.25) is 5.88 Å². The van der Waals surface area contributed by atoms with Gasteiger partial charge in [-0.3, -0.25) is 4.79 Å². The minimum atomic E-state index is -4.39. The second-order valence-electron chi connectivity index (χ2n) is 12.8. The van der Waals surface area contributed by atoms with Crippen molar-refractivity contribution in [3.63, 3.8) is 0 Å². The normalized spacial score (nSPS) is 24.5. The second-order valence-corrected chi connectivity index (χ2v) is 14.8. The number of hydrogen-bond donors (Lipinski definition) is 3. The first-order chi connectivity index (χ1) is 24.0. The number of amides is 1. The third kappa shape index (κ3) is 6.04. The van der Waals surface area contributed by atoms with Gasteiger partial charge in [0, 0.05) is 32.6 Å². The van der Waals surface area contributed by atoms with Crippen molar-refractivity contribution in [3.8, 4) is 11.7 Å². The van der Waals surface area contributed by atoms with E-state index in [4.69, 9.17) is 24.6 Å². The molecule has 3 N–H and O–H groups in total. The summed E-state index contributed by atoms with van der Waals surface area (Å²) in [7, 11) is -4.39. The van der Waals surface area contributed by atoms with Gasteiger partial charge in [0.15, 0.2) is 10.8 Å². The molecule has 0 bridgehead atoms. The Bertz CT molecular complexity index is 1900. The number of nitrogens with one attached hydrogen (secondary N) is 3. The number of nitrogens with zero attached hydrogens (tertiary/aromatic N) is 4. The number of carbonyl (C=O) groups excluding carboxylic acids is 1. The molecule has 4 aliphatic rings. The Morgan fingerprint density at radius 2 is 1.93 bits per heavy atom. The number of hydrogen-bond acceptors (Lipinski definition) is 9. The summed E-state index contributed by atoms with van der Waals surface area (Å²) in [6, 6.07) is 8.87. The van der Waals surface area contributed by atoms with Crippen LogP contribution in [0.3, 0.4) is 0 Å². The quantitative estimate of drug-likeness (QED) is 0.171. The molecule has 11 nitrogen and oxygen atoms in total. The number of halogens is 1. The van der Waals surface area contributed by atoms with Crippen molar-refractivity contribution in [2.75, 3.05) is 25.0 Å². The number of anilines is 1. The molecule has 2 spiro atoms. The smallest absolute Gasteiger partial charge is 0.281 e. The Morgan fingerprint density at radius 3 is 2.64 bits per heavy atom. The highest BCUT2D eigenvalue weighted by atomic mass is 35.5. The molecule has 7 rings (SSSR count). The molecule has 3 aliphatic carbocycles. The minimum Gasteiger partial charge on any atom is -0.477 e. The molecule has 0 aromatic carbocycles. The first-order valence-electron chi connectivity index (χ1n) is 18.4. The maximum absolute atomic E-state index is 13.1. The summed E-state index contributed by atoms with van der Waals surface area (Å²) in [4.78, 5) is 21.4. The summed E-state index contributed by atoms with van der Waals surface area (Å²) >= 11 is 6.33. The van der Waals surface area contributed by atoms with Crippen LogP contribution >= 0.6 is 11.6 Å². The van der Waals surface area contributed by atoms with Crippen LogP contribution in [0.4, 0.5) is 5.82 Å². The van der Waals surface area contributed by atoms with E-state index in [2.05, 4.69) is 25.7 Å². The fourth-order valence-electron chi connectivity index (χ4n) is 7.47. The van der Waals surface area contributed by atoms with Crippen LogP contribution in [0.5, 0.6) is 5.88 Å². The standard InChI is InChI=1S/C32H40ClN7O4S/c1-30(2)19-21(20-35-30)5-4-16-34-24-6-3-7-27(36-24)45(42,43)39-29(41)22-8-9-25(37-28(22)33)40-17-10-26(38-40)44-18-11-23-31(12-13-31)32(23)14-15-32/h3,6-10,17,21,23,35H,4-5,11-16,18-20H2,1-2H3,(H,34,36)(H,39,41)/t21-/m0/s1/i1D3,2D3. The third-order valence-electron chi connectivity index (χ3n) is 9.96. The Labute approximate surface area is 277 Å². The van der Waals surface area contributed by atoms with E-state index >= 15 is 0 Å². The molecule has 3 aromatic heterocycles. The summed E-state index contributed by atoms with van der Waals surface area (Å²) in [6.45, 7) is -4.13. The first kappa shape index (κ1) is 24.0. The van der Waals surface area contributed by atoms with Gasteiger partial charge in [-0.15, -0.1) is 5.10 Å². The van der Waals surface area contributed by atoms with E-state index < -0.39 is 40.2 Å². The average Bonchev–Trinajstić information content (AvgIpc) is 4.00. The number of pyridine rings is 2. The van der Waals surface area contributed by atoms with Crippen LogP contribution in [0.1, 0.15) is 83.7 Å². The number of aromatic nitrogens is 4. The number of ether oxygens (including phenoxy) is 1. The van der Waals surface area contributed by atoms with Crippen LogP contribution in [0.25, 0.3) is 5.82 Å². The first-order valence-corrected chi connectivity index (χ1v) is 17.3. The minimum absolute atomic E-state index is 0.00569. The van der Waals surface area contributed by atoms with E-state index in [1.165, 1.54) is 54.6 Å². The lowest BCUT2D eigenvalue weighted by Crippen LogP contribution is -2.31. The summed E-state index contributed by atoms with van der Waals surface area (Å²) in [5, 5.41) is 9.59. The van der Waals surface area contributed by atoms with E-state index in [1.807, 2.05) is 4.72 Å². The highest BCUT2D eigenvalue weighted by Gasteiger charge is 2.85. The Hall–Kier alpha value is -3.22. The zero-order valence-electron chi connectivity index (χ0n) is 30.7. The lowest BCUT2D eigenvalue weighted by atomic mass is 9.94. The summed E-state index contributed by atoms with van der Waals surface area (Å²) in [5.74, 6) is 0.665. The monoisotopic (exact) mass is 659 g/mol. The van der Waals surface area contributed by atoms with Crippen LogP contribution in [0.15, 0.2) is 47.6 Å². The maximum atomic E-state index is 13.1. The van der Waals surface area contributed by atoms with Crippen molar-refractivity contribution < 1.29 is 26.2 Å². The highest BCUT2D eigenvalue weighted by Crippen LogP contribution is 2.93. The van der Waals surface area contributed by atoms with Crippen molar-refractivity contribution in [3.05, 3.63) is 53.3 Å². The molecule has 1 saturated heterocycles. The average molecular weight is 660 g/mol. The Morgan fingerprint density at radius 1 is 1.13 bits per heavy atom. The predicted octanol–water partition coefficient (Wildman–Crippen LogP) is 4.97. The third-order valence-corrected chi connectivity index (χ3v) is 11.5. The molecule has 1 amide bonds. The van der Waals surface area contributed by atoms with Crippen LogP contribution in [-0.4, -0.2) is 59.3 Å². The van der Waals surface area contributed by atoms with E-state index in [0.717, 1.165) is 12.3 Å². The molecule has 4 heterocycles. The molecular formula is C32H40ClN7O4S. The zero-order valence-corrected chi connectivity index (χ0v) is 26.3. The van der Waals surface area contributed by atoms with Crippen molar-refractivity contribution in [1.29, 1.82) is 0 Å². The number of carbonyl (C=O) groups is 1. The molecule has 3 saturated carbocycles. The Kier molecular flexibility index (Phi) is 6.00. The van der Waals surface area contributed by atoms with Gasteiger partial charge in [0.25, 0.3) is 15.9 Å². The van der Waals surface area contributed by atoms with E-state index in [1.54, 1.807) is 18.3 Å². The van der Waals surface area contributed by atoms with Crippen LogP contribution in [0, 0.1) is 22.7 Å². The lowest BCUT2D eigenvalue weighted by molar-refractivity contribution is 0.0981. The molecule has 240 valence electrons. The molecule has 1 atom stereocenters. The Balaban J connectivity index is 0.895. The number of fused-ring (bicyclic) bond motifs is 1. The van der Waals surface area contributed by atoms with Crippen molar-refractivity contribution >= 4 is 33.3 Å². The van der Waals surface area contributed by atoms with Crippen LogP contribution in [-0.2, 0) is 10.0 Å². The highest BCUT2D eigenvalue weighted by molar-refractivity contribution is 7.90. The van der Waals surface area contributed by atoms with Crippen LogP contribution in [0.2, 0.25) is 5.15 Å². The molecule has 4 fully saturated rings. The summed E-state index contributed by atoms with van der Waals surface area (Å²) in [6.07, 6.45) is 9.25. The van der Waals surface area contributed by atoms with Gasteiger partial charge in [0.1, 0.15) is 11.0 Å². The number of sulfonamides is 1. The fourth-order valence-corrected chi connectivity index (χ4v) is 8.64. The SMILES string of the molecule is [2H]C([2H])([2H])C1(C([2H])([2H])[2H])C[C@H](CCCNc2cccc(S(=O)(=O)NC(=O)c3ccc(-n4ccc(OCCC5C6(CC6)C56CC6)n4)nc3Cl)n2)CN1. The molecule has 3 aromatic rings. The van der Waals surface area contributed by atoms with Gasteiger partial charge in [-0.2, -0.15) is 8.42 Å². The van der Waals surface area contributed by atoms with Crippen molar-refractivity contribution in [2.24, 2.45) is 22.7 Å². The molecule has 45 heavy (non-hydrogen) atoms. The largest absolute Gasteiger partial charge is 0.477 e. The zero-order chi connectivity index (χ0) is 36.5. The molecule has 13 heteroatoms. The molecule has 0 radical (unpaired) electrons. The van der Waals surface area contributed by atoms with Gasteiger partial charge >= 0.3 is 0 Å². The van der Waals surface area contributed by atoms with Gasteiger partial charge in [-0.25, -0.2) is 19.4 Å². The van der Waals surface area contributed by atoms with Crippen LogP contribution < -0.4 is 20.1 Å². The number of rotatable bonds is 13. The fraction of sp³-hybridized carbons (Fsp3) is 0.562. The summed E-state index contributed by atoms with van der Waals surface area (Å²) < 4.78 is 82.4. The lowest BCUT2D eigenvalue weighted by Gasteiger charge is -2.17. The van der Waals surface area contributed by atoms with E-state index in [0.29, 0.717) is 48.5 Å². The van der Waals surface area contributed by atoms with E-state index in [-0.39, 0.29) is 35.4 Å². The van der Waals surface area contributed by atoms with Gasteiger partial charge in [0.05, 0.1) is 12.2 Å². The van der Waals surface area contributed by atoms with Gasteiger partial charge in [-0.05, 0) is 119 Å². The molecule has 0 unspecified atom stereocenters. The molecule has 1 aliphatic heterocycles. The maximum Gasteiger partial charge on any atom is 0.281 e. The second kappa shape index (κ2) is 11.2. The van der Waals surface area contributed by atoms with Gasteiger partial charge < -0.3 is 15.4 Å². The predicted molar refractivity (Wildman–Crippen MR) is 170 cm³/mol. The van der Waals surface area contributed by atoms with Crippen molar-refractivity contribution in [1.82, 2.24) is 29.8 Å². The van der Waals surface area contributed by atoms with Gasteiger partial charge in [-0.1, -0.05) is 17.7 Å². The van der Waals surface area contributed by atoms with Crippen molar-refractivity contribution in [2.45, 2.75) is 75.6 Å². The summed E-state index contributed by atoms with van der Waals surface area (Å²) in [5.41, 5.74) is -0.838. The van der Waals surface area contributed by atoms with E-state index in [9.17, 15) is 13.2 Å². The topological polar surface area (TPSA) is 140 Å². The molecular weight excluding hydrogens is 614 g/mol.